The highest BCUT2D eigenvalue weighted by molar-refractivity contribution is 5.98. The predicted molar refractivity (Wildman–Crippen MR) is 100 cm³/mol. The van der Waals surface area contributed by atoms with Gasteiger partial charge < -0.3 is 9.80 Å². The fourth-order valence-corrected chi connectivity index (χ4v) is 3.94. The van der Waals surface area contributed by atoms with Crippen LogP contribution in [0.1, 0.15) is 33.6 Å². The second kappa shape index (κ2) is 7.42. The summed E-state index contributed by atoms with van der Waals surface area (Å²) in [4.78, 5) is 17.6. The molecular weight excluding hydrogens is 296 g/mol. The van der Waals surface area contributed by atoms with E-state index in [1.165, 1.54) is 5.69 Å². The molecule has 0 unspecified atom stereocenters. The van der Waals surface area contributed by atoms with Crippen molar-refractivity contribution >= 4 is 11.5 Å². The van der Waals surface area contributed by atoms with Crippen molar-refractivity contribution in [3.05, 3.63) is 42.1 Å². The Morgan fingerprint density at radius 1 is 1.04 bits per heavy atom. The van der Waals surface area contributed by atoms with E-state index in [-0.39, 0.29) is 5.92 Å². The summed E-state index contributed by atoms with van der Waals surface area (Å²) in [7, 11) is 0. The molecule has 2 aliphatic rings. The van der Waals surface area contributed by atoms with E-state index < -0.39 is 0 Å². The van der Waals surface area contributed by atoms with Gasteiger partial charge in [0.05, 0.1) is 0 Å². The Bertz CT molecular complexity index is 585. The Morgan fingerprint density at radius 3 is 2.33 bits per heavy atom. The summed E-state index contributed by atoms with van der Waals surface area (Å²) in [6, 6.07) is 10.6. The van der Waals surface area contributed by atoms with Gasteiger partial charge in [-0.1, -0.05) is 39.0 Å². The second-order valence-electron chi connectivity index (χ2n) is 7.64. The van der Waals surface area contributed by atoms with Gasteiger partial charge in [0.15, 0.2) is 5.78 Å². The molecule has 1 aromatic rings. The first-order valence-electron chi connectivity index (χ1n) is 9.36. The maximum atomic E-state index is 12.8. The fourth-order valence-electron chi connectivity index (χ4n) is 3.94. The molecule has 0 radical (unpaired) electrons. The maximum Gasteiger partial charge on any atom is 0.163 e. The minimum atomic E-state index is 0.220. The van der Waals surface area contributed by atoms with Crippen LogP contribution < -0.4 is 4.90 Å². The Morgan fingerprint density at radius 2 is 1.71 bits per heavy atom. The number of benzene rings is 1. The number of carbonyl (C=O) groups excluding carboxylic acids is 1. The van der Waals surface area contributed by atoms with Gasteiger partial charge in [0.25, 0.3) is 0 Å². The lowest BCUT2D eigenvalue weighted by Crippen LogP contribution is -2.44. The van der Waals surface area contributed by atoms with Crippen LogP contribution in [0.25, 0.3) is 0 Å². The number of piperazine rings is 1. The van der Waals surface area contributed by atoms with Crippen molar-refractivity contribution in [3.63, 3.8) is 0 Å². The number of hydrogen-bond acceptors (Lipinski definition) is 3. The van der Waals surface area contributed by atoms with E-state index in [1.807, 2.05) is 0 Å². The minimum Gasteiger partial charge on any atom is -0.373 e. The third-order valence-corrected chi connectivity index (χ3v) is 5.62. The topological polar surface area (TPSA) is 23.6 Å². The molecule has 3 rings (SSSR count). The molecule has 3 nitrogen and oxygen atoms in total. The van der Waals surface area contributed by atoms with Gasteiger partial charge in [-0.15, -0.1) is 0 Å². The molecule has 1 aliphatic heterocycles. The van der Waals surface area contributed by atoms with E-state index >= 15 is 0 Å². The first-order valence-corrected chi connectivity index (χ1v) is 9.36. The van der Waals surface area contributed by atoms with Crippen LogP contribution in [0.2, 0.25) is 0 Å². The third-order valence-electron chi connectivity index (χ3n) is 5.62. The monoisotopic (exact) mass is 326 g/mol. The molecule has 1 aromatic carbocycles. The van der Waals surface area contributed by atoms with Gasteiger partial charge in [-0.25, -0.2) is 0 Å². The highest BCUT2D eigenvalue weighted by Gasteiger charge is 2.33. The summed E-state index contributed by atoms with van der Waals surface area (Å²) in [6.07, 6.45) is 4.38. The summed E-state index contributed by atoms with van der Waals surface area (Å²) in [5, 5.41) is 0. The molecule has 0 spiro atoms. The number of carbonyl (C=O) groups is 1. The van der Waals surface area contributed by atoms with E-state index in [0.29, 0.717) is 17.6 Å². The molecule has 130 valence electrons. The number of para-hydroxylation sites is 1. The molecule has 1 heterocycles. The van der Waals surface area contributed by atoms with Crippen LogP contribution in [0.3, 0.4) is 0 Å². The van der Waals surface area contributed by atoms with Crippen molar-refractivity contribution in [1.82, 2.24) is 4.90 Å². The number of anilines is 1. The largest absolute Gasteiger partial charge is 0.373 e. The van der Waals surface area contributed by atoms with Gasteiger partial charge in [0.1, 0.15) is 0 Å². The van der Waals surface area contributed by atoms with Crippen LogP contribution in [0.5, 0.6) is 0 Å². The van der Waals surface area contributed by atoms with Crippen LogP contribution in [0.4, 0.5) is 5.69 Å². The molecule has 2 atom stereocenters. The lowest BCUT2D eigenvalue weighted by atomic mass is 9.74. The number of Topliss-reactive ketones (excluding diaryl/α,β-unsaturated/α-hetero) is 1. The standard InChI is InChI=1S/C21H30N2O/c1-16(2)19-10-9-17(3)20(21(19)24)15-22-11-13-23(14-12-22)18-7-5-4-6-8-18/h4-8,15-17,19H,9-14H2,1-3H3/b20-15+/t17-,19+/m0/s1. The van der Waals surface area contributed by atoms with E-state index in [1.54, 1.807) is 0 Å². The Balaban J connectivity index is 1.65. The van der Waals surface area contributed by atoms with E-state index in [2.05, 4.69) is 67.1 Å². The molecule has 0 bridgehead atoms. The Labute approximate surface area is 146 Å². The highest BCUT2D eigenvalue weighted by atomic mass is 16.1. The van der Waals surface area contributed by atoms with Crippen LogP contribution >= 0.6 is 0 Å². The molecule has 0 N–H and O–H groups in total. The Hall–Kier alpha value is -1.77. The average molecular weight is 326 g/mol. The molecule has 3 heteroatoms. The summed E-state index contributed by atoms with van der Waals surface area (Å²) in [6.45, 7) is 10.6. The van der Waals surface area contributed by atoms with Crippen LogP contribution in [-0.2, 0) is 4.79 Å². The lowest BCUT2D eigenvalue weighted by molar-refractivity contribution is -0.122. The highest BCUT2D eigenvalue weighted by Crippen LogP contribution is 2.34. The SMILES string of the molecule is CC(C)[C@H]1CC[C@H](C)/C(=C\N2CCN(c3ccccc3)CC2)C1=O. The number of hydrogen-bond donors (Lipinski definition) is 0. The first kappa shape index (κ1) is 17.1. The normalized spacial score (nSPS) is 27.2. The Kier molecular flexibility index (Phi) is 5.27. The molecule has 1 saturated carbocycles. The zero-order chi connectivity index (χ0) is 17.1. The van der Waals surface area contributed by atoms with Gasteiger partial charge in [-0.3, -0.25) is 4.79 Å². The van der Waals surface area contributed by atoms with Crippen LogP contribution in [0, 0.1) is 17.8 Å². The molecule has 1 aliphatic carbocycles. The van der Waals surface area contributed by atoms with Crippen molar-refractivity contribution in [2.45, 2.75) is 33.6 Å². The fraction of sp³-hybridized carbons (Fsp3) is 0.571. The first-order chi connectivity index (χ1) is 11.6. The molecule has 2 fully saturated rings. The van der Waals surface area contributed by atoms with Gasteiger partial charge in [0.2, 0.25) is 0 Å². The van der Waals surface area contributed by atoms with Crippen molar-refractivity contribution < 1.29 is 4.79 Å². The van der Waals surface area contributed by atoms with Crippen molar-refractivity contribution in [1.29, 1.82) is 0 Å². The van der Waals surface area contributed by atoms with E-state index in [9.17, 15) is 4.79 Å². The van der Waals surface area contributed by atoms with Crippen LogP contribution in [0.15, 0.2) is 42.1 Å². The summed E-state index contributed by atoms with van der Waals surface area (Å²) in [5.74, 6) is 1.47. The predicted octanol–water partition coefficient (Wildman–Crippen LogP) is 3.96. The van der Waals surface area contributed by atoms with Gasteiger partial charge in [-0.2, -0.15) is 0 Å². The minimum absolute atomic E-state index is 0.220. The van der Waals surface area contributed by atoms with Crippen LogP contribution in [-0.4, -0.2) is 36.9 Å². The number of ketones is 1. The van der Waals surface area contributed by atoms with E-state index in [4.69, 9.17) is 0 Å². The van der Waals surface area contributed by atoms with Crippen molar-refractivity contribution in [3.8, 4) is 0 Å². The molecular formula is C21H30N2O. The van der Waals surface area contributed by atoms with E-state index in [0.717, 1.165) is 44.6 Å². The van der Waals surface area contributed by atoms with Gasteiger partial charge >= 0.3 is 0 Å². The smallest absolute Gasteiger partial charge is 0.163 e. The van der Waals surface area contributed by atoms with Crippen molar-refractivity contribution in [2.24, 2.45) is 17.8 Å². The summed E-state index contributed by atoms with van der Waals surface area (Å²) < 4.78 is 0. The lowest BCUT2D eigenvalue weighted by Gasteiger charge is -2.37. The summed E-state index contributed by atoms with van der Waals surface area (Å²) in [5.41, 5.74) is 2.36. The quantitative estimate of drug-likeness (QED) is 0.786. The number of rotatable bonds is 3. The zero-order valence-electron chi connectivity index (χ0n) is 15.2. The number of nitrogens with zero attached hydrogens (tertiary/aromatic N) is 2. The van der Waals surface area contributed by atoms with Gasteiger partial charge in [-0.05, 0) is 36.8 Å². The molecule has 1 saturated heterocycles. The third kappa shape index (κ3) is 3.66. The van der Waals surface area contributed by atoms with Gasteiger partial charge in [0, 0.05) is 49.6 Å². The second-order valence-corrected chi connectivity index (χ2v) is 7.64. The average Bonchev–Trinajstić information content (AvgIpc) is 2.59. The molecule has 24 heavy (non-hydrogen) atoms. The molecule has 0 amide bonds. The number of allylic oxidation sites excluding steroid dienone is 1. The summed E-state index contributed by atoms with van der Waals surface area (Å²) >= 11 is 0. The van der Waals surface area contributed by atoms with Crippen molar-refractivity contribution in [2.75, 3.05) is 31.1 Å². The molecule has 0 aromatic heterocycles. The maximum absolute atomic E-state index is 12.8. The zero-order valence-corrected chi connectivity index (χ0v) is 15.2.